The van der Waals surface area contributed by atoms with Crippen molar-refractivity contribution in [2.24, 2.45) is 0 Å². The number of hydrogen-bond donors (Lipinski definition) is 2. The smallest absolute Gasteiger partial charge is 0.262 e. The summed E-state index contributed by atoms with van der Waals surface area (Å²) in [6, 6.07) is 20.7. The van der Waals surface area contributed by atoms with Gasteiger partial charge in [-0.3, -0.25) is 9.59 Å². The average molecular weight is 376 g/mol. The number of nitrogens with one attached hydrogen (secondary N) is 2. The standard InChI is InChI=1S/C23H24N2O3/c1-2-3-14-22(26)24-18-10-7-11-19(15-18)25-23(27)16-28-21-13-6-9-17-8-4-5-12-20(17)21/h4-13,15H,2-3,14,16H2,1H3,(H,24,26)(H,25,27). The van der Waals surface area contributed by atoms with Crippen LogP contribution < -0.4 is 15.4 Å². The number of unbranched alkanes of at least 4 members (excludes halogenated alkanes) is 1. The van der Waals surface area contributed by atoms with Gasteiger partial charge < -0.3 is 15.4 Å². The van der Waals surface area contributed by atoms with Gasteiger partial charge in [-0.15, -0.1) is 0 Å². The molecule has 0 spiro atoms. The van der Waals surface area contributed by atoms with Crippen LogP contribution >= 0.6 is 0 Å². The van der Waals surface area contributed by atoms with E-state index in [9.17, 15) is 9.59 Å². The van der Waals surface area contributed by atoms with Crippen LogP contribution in [0.3, 0.4) is 0 Å². The summed E-state index contributed by atoms with van der Waals surface area (Å²) in [5, 5.41) is 7.68. The molecule has 2 amide bonds. The van der Waals surface area contributed by atoms with Gasteiger partial charge in [-0.05, 0) is 36.1 Å². The van der Waals surface area contributed by atoms with E-state index in [2.05, 4.69) is 10.6 Å². The van der Waals surface area contributed by atoms with E-state index >= 15 is 0 Å². The van der Waals surface area contributed by atoms with Crippen molar-refractivity contribution in [3.05, 3.63) is 66.7 Å². The lowest BCUT2D eigenvalue weighted by Gasteiger charge is -2.11. The lowest BCUT2D eigenvalue weighted by Crippen LogP contribution is -2.20. The van der Waals surface area contributed by atoms with Crippen LogP contribution in [-0.2, 0) is 9.59 Å². The maximum absolute atomic E-state index is 12.3. The molecule has 3 aromatic carbocycles. The fourth-order valence-electron chi connectivity index (χ4n) is 2.90. The zero-order valence-corrected chi connectivity index (χ0v) is 15.9. The number of rotatable bonds is 8. The van der Waals surface area contributed by atoms with Crippen molar-refractivity contribution in [2.45, 2.75) is 26.2 Å². The van der Waals surface area contributed by atoms with Gasteiger partial charge in [0.15, 0.2) is 6.61 Å². The third-order valence-electron chi connectivity index (χ3n) is 4.30. The predicted octanol–water partition coefficient (Wildman–Crippen LogP) is 4.99. The monoisotopic (exact) mass is 376 g/mol. The Kier molecular flexibility index (Phi) is 6.63. The molecule has 0 fully saturated rings. The highest BCUT2D eigenvalue weighted by molar-refractivity contribution is 5.95. The molecule has 0 unspecified atom stereocenters. The van der Waals surface area contributed by atoms with Gasteiger partial charge in [0.1, 0.15) is 5.75 Å². The summed E-state index contributed by atoms with van der Waals surface area (Å²) in [4.78, 5) is 24.1. The number of carbonyl (C=O) groups excluding carboxylic acids is 2. The second-order valence-electron chi connectivity index (χ2n) is 6.55. The minimum atomic E-state index is -0.262. The fourth-order valence-corrected chi connectivity index (χ4v) is 2.90. The van der Waals surface area contributed by atoms with Crippen LogP contribution in [-0.4, -0.2) is 18.4 Å². The van der Waals surface area contributed by atoms with E-state index in [1.165, 1.54) is 0 Å². The molecule has 0 bridgehead atoms. The summed E-state index contributed by atoms with van der Waals surface area (Å²) < 4.78 is 5.71. The minimum Gasteiger partial charge on any atom is -0.483 e. The van der Waals surface area contributed by atoms with Gasteiger partial charge in [0.25, 0.3) is 5.91 Å². The lowest BCUT2D eigenvalue weighted by molar-refractivity contribution is -0.118. The highest BCUT2D eigenvalue weighted by Gasteiger charge is 2.08. The fraction of sp³-hybridized carbons (Fsp3) is 0.217. The van der Waals surface area contributed by atoms with Crippen molar-refractivity contribution < 1.29 is 14.3 Å². The van der Waals surface area contributed by atoms with Gasteiger partial charge in [0, 0.05) is 23.2 Å². The molecule has 2 N–H and O–H groups in total. The van der Waals surface area contributed by atoms with Gasteiger partial charge in [-0.1, -0.05) is 55.8 Å². The van der Waals surface area contributed by atoms with Gasteiger partial charge in [-0.2, -0.15) is 0 Å². The normalized spacial score (nSPS) is 10.5. The van der Waals surface area contributed by atoms with Gasteiger partial charge in [-0.25, -0.2) is 0 Å². The van der Waals surface area contributed by atoms with Crippen LogP contribution in [0.15, 0.2) is 66.7 Å². The SMILES string of the molecule is CCCCC(=O)Nc1cccc(NC(=O)COc2cccc3ccccc23)c1. The summed E-state index contributed by atoms with van der Waals surface area (Å²) in [7, 11) is 0. The Balaban J connectivity index is 1.57. The molecule has 5 nitrogen and oxygen atoms in total. The van der Waals surface area contributed by atoms with Gasteiger partial charge in [0.05, 0.1) is 0 Å². The van der Waals surface area contributed by atoms with E-state index in [1.807, 2.05) is 49.4 Å². The van der Waals surface area contributed by atoms with E-state index in [1.54, 1.807) is 24.3 Å². The third-order valence-corrected chi connectivity index (χ3v) is 4.30. The number of hydrogen-bond acceptors (Lipinski definition) is 3. The van der Waals surface area contributed by atoms with E-state index in [4.69, 9.17) is 4.74 Å². The molecule has 3 rings (SSSR count). The first kappa shape index (κ1) is 19.4. The Hall–Kier alpha value is -3.34. The molecule has 0 aromatic heterocycles. The molecule has 0 saturated heterocycles. The van der Waals surface area contributed by atoms with Gasteiger partial charge in [0.2, 0.25) is 5.91 Å². The molecule has 0 heterocycles. The number of amides is 2. The Bertz CT molecular complexity index is 963. The molecule has 144 valence electrons. The Labute approximate surface area is 164 Å². The first-order valence-electron chi connectivity index (χ1n) is 9.46. The maximum atomic E-state index is 12.3. The quantitative estimate of drug-likeness (QED) is 0.582. The molecule has 3 aromatic rings. The third kappa shape index (κ3) is 5.33. The summed E-state index contributed by atoms with van der Waals surface area (Å²) in [6.07, 6.45) is 2.32. The molecule has 0 saturated carbocycles. The summed E-state index contributed by atoms with van der Waals surface area (Å²) in [5.41, 5.74) is 1.27. The van der Waals surface area contributed by atoms with Crippen molar-refractivity contribution in [2.75, 3.05) is 17.2 Å². The second-order valence-corrected chi connectivity index (χ2v) is 6.55. The Morgan fingerprint density at radius 1 is 0.857 bits per heavy atom. The molecule has 0 atom stereocenters. The molecule has 0 aliphatic rings. The molecular formula is C23H24N2O3. The summed E-state index contributed by atoms with van der Waals surface area (Å²) in [5.74, 6) is 0.386. The van der Waals surface area contributed by atoms with Crippen molar-refractivity contribution in [3.63, 3.8) is 0 Å². The van der Waals surface area contributed by atoms with Crippen molar-refractivity contribution in [1.82, 2.24) is 0 Å². The number of benzene rings is 3. The highest BCUT2D eigenvalue weighted by Crippen LogP contribution is 2.25. The summed E-state index contributed by atoms with van der Waals surface area (Å²) >= 11 is 0. The Morgan fingerprint density at radius 2 is 1.54 bits per heavy atom. The van der Waals surface area contributed by atoms with Crippen LogP contribution in [0.5, 0.6) is 5.75 Å². The molecular weight excluding hydrogens is 352 g/mol. The van der Waals surface area contributed by atoms with Crippen LogP contribution in [0.25, 0.3) is 10.8 Å². The number of anilines is 2. The van der Waals surface area contributed by atoms with Crippen LogP contribution in [0, 0.1) is 0 Å². The summed E-state index contributed by atoms with van der Waals surface area (Å²) in [6.45, 7) is 1.95. The minimum absolute atomic E-state index is 0.0235. The first-order valence-corrected chi connectivity index (χ1v) is 9.46. The average Bonchev–Trinajstić information content (AvgIpc) is 2.71. The molecule has 0 aliphatic carbocycles. The largest absolute Gasteiger partial charge is 0.483 e. The van der Waals surface area contributed by atoms with E-state index in [0.29, 0.717) is 23.5 Å². The molecule has 28 heavy (non-hydrogen) atoms. The topological polar surface area (TPSA) is 67.4 Å². The van der Waals surface area contributed by atoms with Crippen molar-refractivity contribution in [1.29, 1.82) is 0 Å². The zero-order valence-electron chi connectivity index (χ0n) is 15.9. The van der Waals surface area contributed by atoms with Crippen LogP contribution in [0.1, 0.15) is 26.2 Å². The number of carbonyl (C=O) groups is 2. The van der Waals surface area contributed by atoms with Crippen molar-refractivity contribution >= 4 is 34.0 Å². The zero-order chi connectivity index (χ0) is 19.8. The molecule has 0 radical (unpaired) electrons. The lowest BCUT2D eigenvalue weighted by atomic mass is 10.1. The second kappa shape index (κ2) is 9.55. The van der Waals surface area contributed by atoms with E-state index in [-0.39, 0.29) is 18.4 Å². The number of ether oxygens (including phenoxy) is 1. The van der Waals surface area contributed by atoms with Crippen LogP contribution in [0.2, 0.25) is 0 Å². The van der Waals surface area contributed by atoms with E-state index in [0.717, 1.165) is 23.6 Å². The van der Waals surface area contributed by atoms with Crippen LogP contribution in [0.4, 0.5) is 11.4 Å². The predicted molar refractivity (Wildman–Crippen MR) is 113 cm³/mol. The number of fused-ring (bicyclic) bond motifs is 1. The van der Waals surface area contributed by atoms with Crippen molar-refractivity contribution in [3.8, 4) is 5.75 Å². The highest BCUT2D eigenvalue weighted by atomic mass is 16.5. The molecule has 0 aliphatic heterocycles. The van der Waals surface area contributed by atoms with Gasteiger partial charge >= 0.3 is 0 Å². The Morgan fingerprint density at radius 3 is 2.32 bits per heavy atom. The molecule has 5 heteroatoms. The first-order chi connectivity index (χ1) is 13.7. The van der Waals surface area contributed by atoms with E-state index < -0.39 is 0 Å². The maximum Gasteiger partial charge on any atom is 0.262 e.